The van der Waals surface area contributed by atoms with Crippen LogP contribution in [-0.4, -0.2) is 15.9 Å². The van der Waals surface area contributed by atoms with Crippen LogP contribution in [0.3, 0.4) is 0 Å². The summed E-state index contributed by atoms with van der Waals surface area (Å²) in [4.78, 5) is 23.1. The van der Waals surface area contributed by atoms with E-state index in [1.165, 1.54) is 12.4 Å². The average molecular weight is 284 g/mol. The van der Waals surface area contributed by atoms with Crippen molar-refractivity contribution in [3.05, 3.63) is 46.3 Å². The highest BCUT2D eigenvalue weighted by molar-refractivity contribution is 6.42. The van der Waals surface area contributed by atoms with Crippen molar-refractivity contribution in [2.75, 3.05) is 0 Å². The largest absolute Gasteiger partial charge is 0.375 e. The van der Waals surface area contributed by atoms with Crippen LogP contribution in [0.4, 0.5) is 0 Å². The minimum absolute atomic E-state index is 0.0635. The predicted octanol–water partition coefficient (Wildman–Crippen LogP) is 2.48. The summed E-state index contributed by atoms with van der Waals surface area (Å²) in [5.41, 5.74) is 1.29. The first-order valence-electron chi connectivity index (χ1n) is 4.80. The van der Waals surface area contributed by atoms with E-state index < -0.39 is 5.97 Å². The van der Waals surface area contributed by atoms with E-state index in [0.29, 0.717) is 21.3 Å². The van der Waals surface area contributed by atoms with Crippen molar-refractivity contribution in [3.8, 4) is 11.3 Å². The lowest BCUT2D eigenvalue weighted by atomic mass is 10.1. The molecule has 0 aliphatic rings. The van der Waals surface area contributed by atoms with E-state index in [1.54, 1.807) is 18.2 Å². The Morgan fingerprint density at radius 1 is 1.17 bits per heavy atom. The third-order valence-electron chi connectivity index (χ3n) is 2.20. The molecule has 0 amide bonds. The van der Waals surface area contributed by atoms with Crippen molar-refractivity contribution in [2.45, 2.75) is 0 Å². The minimum Gasteiger partial charge on any atom is -0.368 e. The van der Waals surface area contributed by atoms with Crippen LogP contribution in [0.15, 0.2) is 30.6 Å². The first-order chi connectivity index (χ1) is 8.61. The molecule has 0 aliphatic carbocycles. The maximum Gasteiger partial charge on any atom is 0.375 e. The van der Waals surface area contributed by atoms with Crippen molar-refractivity contribution in [1.82, 2.24) is 9.97 Å². The number of nitrogens with two attached hydrogens (primary N) is 1. The van der Waals surface area contributed by atoms with Gasteiger partial charge in [0.2, 0.25) is 0 Å². The fourth-order valence-corrected chi connectivity index (χ4v) is 1.64. The Kier molecular flexibility index (Phi) is 3.76. The summed E-state index contributed by atoms with van der Waals surface area (Å²) >= 11 is 11.7. The molecule has 92 valence electrons. The Labute approximate surface area is 112 Å². The molecule has 0 saturated carbocycles. The van der Waals surface area contributed by atoms with Gasteiger partial charge in [0.15, 0.2) is 5.69 Å². The number of hydrogen-bond donors (Lipinski definition) is 1. The van der Waals surface area contributed by atoms with E-state index in [2.05, 4.69) is 14.8 Å². The lowest BCUT2D eigenvalue weighted by molar-refractivity contribution is 0.0496. The quantitative estimate of drug-likeness (QED) is 0.857. The smallest absolute Gasteiger partial charge is 0.368 e. The average Bonchev–Trinajstić information content (AvgIpc) is 2.41. The fraction of sp³-hybridized carbons (Fsp3) is 0. The predicted molar refractivity (Wildman–Crippen MR) is 67.1 cm³/mol. The standard InChI is InChI=1S/C11H7Cl2N3O2/c12-7-2-1-6(3-8(7)13)9-4-10(11(17)18-14)16-5-15-9/h1-5H,14H2. The zero-order valence-corrected chi connectivity index (χ0v) is 10.4. The first-order valence-corrected chi connectivity index (χ1v) is 5.56. The Balaban J connectivity index is 2.44. The van der Waals surface area contributed by atoms with Crippen molar-refractivity contribution in [2.24, 2.45) is 5.90 Å². The molecule has 1 aromatic heterocycles. The van der Waals surface area contributed by atoms with Crippen molar-refractivity contribution in [1.29, 1.82) is 0 Å². The van der Waals surface area contributed by atoms with Crippen LogP contribution in [0, 0.1) is 0 Å². The number of carbonyl (C=O) groups is 1. The summed E-state index contributed by atoms with van der Waals surface area (Å²) in [5.74, 6) is 4.05. The molecule has 0 fully saturated rings. The molecule has 7 heteroatoms. The van der Waals surface area contributed by atoms with Crippen LogP contribution in [0.2, 0.25) is 10.0 Å². The molecule has 1 heterocycles. The molecule has 2 rings (SSSR count). The Morgan fingerprint density at radius 2 is 1.94 bits per heavy atom. The normalized spacial score (nSPS) is 10.2. The van der Waals surface area contributed by atoms with E-state index >= 15 is 0 Å². The third-order valence-corrected chi connectivity index (χ3v) is 2.94. The summed E-state index contributed by atoms with van der Waals surface area (Å²) in [5, 5.41) is 0.840. The van der Waals surface area contributed by atoms with Gasteiger partial charge in [0.1, 0.15) is 6.33 Å². The Morgan fingerprint density at radius 3 is 2.61 bits per heavy atom. The number of rotatable bonds is 2. The first kappa shape index (κ1) is 12.8. The van der Waals surface area contributed by atoms with Gasteiger partial charge in [-0.25, -0.2) is 14.8 Å². The van der Waals surface area contributed by atoms with Gasteiger partial charge in [0.25, 0.3) is 0 Å². The third kappa shape index (κ3) is 2.59. The molecule has 0 saturated heterocycles. The second kappa shape index (κ2) is 5.30. The topological polar surface area (TPSA) is 78.1 Å². The van der Waals surface area contributed by atoms with Gasteiger partial charge < -0.3 is 4.84 Å². The van der Waals surface area contributed by atoms with Gasteiger partial charge in [0, 0.05) is 5.56 Å². The van der Waals surface area contributed by atoms with E-state index in [0.717, 1.165) is 0 Å². The maximum absolute atomic E-state index is 11.2. The highest BCUT2D eigenvalue weighted by Crippen LogP contribution is 2.27. The second-order valence-corrected chi connectivity index (χ2v) is 4.14. The van der Waals surface area contributed by atoms with Crippen LogP contribution in [0.1, 0.15) is 10.5 Å². The van der Waals surface area contributed by atoms with E-state index in [9.17, 15) is 4.79 Å². The highest BCUT2D eigenvalue weighted by Gasteiger charge is 2.10. The molecule has 0 bridgehead atoms. The molecule has 1 aromatic carbocycles. The van der Waals surface area contributed by atoms with Gasteiger partial charge in [-0.2, -0.15) is 5.90 Å². The molecule has 0 radical (unpaired) electrons. The number of halogens is 2. The molecule has 2 N–H and O–H groups in total. The lowest BCUT2D eigenvalue weighted by Gasteiger charge is -2.03. The summed E-state index contributed by atoms with van der Waals surface area (Å²) in [6.07, 6.45) is 1.24. The van der Waals surface area contributed by atoms with Gasteiger partial charge in [-0.1, -0.05) is 29.3 Å². The van der Waals surface area contributed by atoms with Gasteiger partial charge in [0.05, 0.1) is 15.7 Å². The number of aromatic nitrogens is 2. The van der Waals surface area contributed by atoms with Crippen molar-refractivity contribution in [3.63, 3.8) is 0 Å². The van der Waals surface area contributed by atoms with Crippen LogP contribution >= 0.6 is 23.2 Å². The van der Waals surface area contributed by atoms with E-state index in [4.69, 9.17) is 29.1 Å². The fourth-order valence-electron chi connectivity index (χ4n) is 1.34. The number of nitrogens with zero attached hydrogens (tertiary/aromatic N) is 2. The van der Waals surface area contributed by atoms with Crippen LogP contribution < -0.4 is 5.90 Å². The number of benzene rings is 1. The molecule has 0 atom stereocenters. The van der Waals surface area contributed by atoms with E-state index in [-0.39, 0.29) is 5.69 Å². The monoisotopic (exact) mass is 283 g/mol. The SMILES string of the molecule is NOC(=O)c1cc(-c2ccc(Cl)c(Cl)c2)ncn1. The Hall–Kier alpha value is -1.69. The summed E-state index contributed by atoms with van der Waals surface area (Å²) in [6, 6.07) is 6.47. The van der Waals surface area contributed by atoms with Crippen LogP contribution in [0.5, 0.6) is 0 Å². The lowest BCUT2D eigenvalue weighted by Crippen LogP contribution is -2.12. The summed E-state index contributed by atoms with van der Waals surface area (Å²) in [7, 11) is 0. The van der Waals surface area contributed by atoms with Crippen LogP contribution in [-0.2, 0) is 4.84 Å². The van der Waals surface area contributed by atoms with E-state index in [1.807, 2.05) is 0 Å². The van der Waals surface area contributed by atoms with Crippen molar-refractivity contribution >= 4 is 29.2 Å². The summed E-state index contributed by atoms with van der Waals surface area (Å²) in [6.45, 7) is 0. The highest BCUT2D eigenvalue weighted by atomic mass is 35.5. The van der Waals surface area contributed by atoms with Crippen molar-refractivity contribution < 1.29 is 9.63 Å². The molecule has 0 unspecified atom stereocenters. The van der Waals surface area contributed by atoms with Gasteiger partial charge in [-0.3, -0.25) is 0 Å². The zero-order valence-electron chi connectivity index (χ0n) is 8.93. The molecule has 18 heavy (non-hydrogen) atoms. The molecule has 0 aliphatic heterocycles. The van der Waals surface area contributed by atoms with Gasteiger partial charge in [-0.05, 0) is 18.2 Å². The maximum atomic E-state index is 11.2. The number of carbonyl (C=O) groups excluding carboxylic acids is 1. The molecule has 2 aromatic rings. The molecular formula is C11H7Cl2N3O2. The number of hydrogen-bond acceptors (Lipinski definition) is 5. The van der Waals surface area contributed by atoms with Crippen LogP contribution in [0.25, 0.3) is 11.3 Å². The van der Waals surface area contributed by atoms with Gasteiger partial charge in [-0.15, -0.1) is 0 Å². The second-order valence-electron chi connectivity index (χ2n) is 3.32. The molecular weight excluding hydrogens is 277 g/mol. The van der Waals surface area contributed by atoms with Gasteiger partial charge >= 0.3 is 5.97 Å². The summed E-state index contributed by atoms with van der Waals surface area (Å²) < 4.78 is 0. The minimum atomic E-state index is -0.737. The molecule has 0 spiro atoms. The molecule has 5 nitrogen and oxygen atoms in total. The zero-order chi connectivity index (χ0) is 13.1. The Bertz CT molecular complexity index is 605.